The smallest absolute Gasteiger partial charge is 0.407 e. The molecule has 0 aromatic rings. The summed E-state index contributed by atoms with van der Waals surface area (Å²) in [5, 5.41) is 12.5. The fraction of sp³-hybridized carbons (Fsp3) is 0.939. The standard InChI is InChI=1S/C33H64N2O7/c1-4-7-9-11-13-17-23-39-32(40-24-18-14-12-10-8-5-2)21-20-31(37)41-27-29(26-36)28-42-33(38)34-25-30-19-15-16-22-35(30)6-3/h29-30,32,36H,4-28H2,1-3H3,(H,34,38). The predicted octanol–water partition coefficient (Wildman–Crippen LogP) is 6.60. The highest BCUT2D eigenvalue weighted by Gasteiger charge is 2.22. The molecule has 0 aromatic carbocycles. The monoisotopic (exact) mass is 600 g/mol. The molecule has 9 heteroatoms. The number of rotatable bonds is 27. The Morgan fingerprint density at radius 2 is 1.43 bits per heavy atom. The number of hydrogen-bond acceptors (Lipinski definition) is 8. The molecule has 2 unspecified atom stereocenters. The quantitative estimate of drug-likeness (QED) is 0.0617. The van der Waals surface area contributed by atoms with Crippen LogP contribution in [0.3, 0.4) is 0 Å². The first-order valence-electron chi connectivity index (χ1n) is 17.2. The van der Waals surface area contributed by atoms with Crippen LogP contribution in [0.4, 0.5) is 4.79 Å². The number of likely N-dealkylation sites (N-methyl/N-ethyl adjacent to an activating group) is 1. The molecule has 42 heavy (non-hydrogen) atoms. The van der Waals surface area contributed by atoms with Gasteiger partial charge in [0.1, 0.15) is 6.61 Å². The molecule has 248 valence electrons. The Labute approximate surface area is 256 Å². The molecular weight excluding hydrogens is 536 g/mol. The maximum absolute atomic E-state index is 12.5. The average molecular weight is 601 g/mol. The minimum absolute atomic E-state index is 0.00322. The van der Waals surface area contributed by atoms with Gasteiger partial charge in [0.15, 0.2) is 6.29 Å². The van der Waals surface area contributed by atoms with Crippen molar-refractivity contribution in [3.05, 3.63) is 0 Å². The first-order chi connectivity index (χ1) is 20.5. The lowest BCUT2D eigenvalue weighted by molar-refractivity contribution is -0.160. The molecule has 0 aliphatic carbocycles. The second kappa shape index (κ2) is 27.2. The third-order valence-corrected chi connectivity index (χ3v) is 8.01. The highest BCUT2D eigenvalue weighted by molar-refractivity contribution is 5.69. The Bertz CT molecular complexity index is 634. The number of aliphatic hydroxyl groups is 1. The predicted molar refractivity (Wildman–Crippen MR) is 167 cm³/mol. The van der Waals surface area contributed by atoms with Crippen molar-refractivity contribution in [2.45, 2.75) is 142 Å². The normalized spacial score (nSPS) is 16.5. The number of amides is 1. The molecular formula is C33H64N2O7. The van der Waals surface area contributed by atoms with E-state index in [1.165, 1.54) is 64.2 Å². The first-order valence-corrected chi connectivity index (χ1v) is 17.2. The average Bonchev–Trinajstić information content (AvgIpc) is 3.01. The summed E-state index contributed by atoms with van der Waals surface area (Å²) >= 11 is 0. The summed E-state index contributed by atoms with van der Waals surface area (Å²) in [6, 6.07) is 0.333. The van der Waals surface area contributed by atoms with Crippen LogP contribution in [0.25, 0.3) is 0 Å². The van der Waals surface area contributed by atoms with Crippen molar-refractivity contribution in [2.24, 2.45) is 5.92 Å². The molecule has 1 amide bonds. The zero-order chi connectivity index (χ0) is 30.7. The van der Waals surface area contributed by atoms with E-state index in [9.17, 15) is 14.7 Å². The lowest BCUT2D eigenvalue weighted by Gasteiger charge is -2.34. The van der Waals surface area contributed by atoms with Gasteiger partial charge >= 0.3 is 12.1 Å². The Kier molecular flexibility index (Phi) is 25.0. The van der Waals surface area contributed by atoms with E-state index in [1.54, 1.807) is 0 Å². The van der Waals surface area contributed by atoms with Gasteiger partial charge in [0, 0.05) is 32.2 Å². The molecule has 1 aliphatic rings. The molecule has 0 bridgehead atoms. The Morgan fingerprint density at radius 3 is 2.02 bits per heavy atom. The van der Waals surface area contributed by atoms with Crippen LogP contribution < -0.4 is 5.32 Å². The van der Waals surface area contributed by atoms with Gasteiger partial charge in [-0.05, 0) is 38.8 Å². The summed E-state index contributed by atoms with van der Waals surface area (Å²) in [4.78, 5) is 27.0. The van der Waals surface area contributed by atoms with E-state index >= 15 is 0 Å². The maximum atomic E-state index is 12.5. The molecule has 0 aromatic heterocycles. The molecule has 1 saturated heterocycles. The van der Waals surface area contributed by atoms with Crippen molar-refractivity contribution in [2.75, 3.05) is 52.7 Å². The lowest BCUT2D eigenvalue weighted by atomic mass is 10.0. The van der Waals surface area contributed by atoms with Crippen molar-refractivity contribution < 1.29 is 33.6 Å². The number of piperidine rings is 1. The van der Waals surface area contributed by atoms with Crippen LogP contribution in [0.5, 0.6) is 0 Å². The zero-order valence-electron chi connectivity index (χ0n) is 27.3. The van der Waals surface area contributed by atoms with Crippen LogP contribution in [0.1, 0.15) is 130 Å². The maximum Gasteiger partial charge on any atom is 0.407 e. The molecule has 0 radical (unpaired) electrons. The summed E-state index contributed by atoms with van der Waals surface area (Å²) in [6.45, 7) is 10.2. The van der Waals surface area contributed by atoms with Gasteiger partial charge in [-0.1, -0.05) is 91.4 Å². The number of unbranched alkanes of at least 4 members (excludes halogenated alkanes) is 10. The van der Waals surface area contributed by atoms with Crippen LogP contribution in [-0.2, 0) is 23.7 Å². The summed E-state index contributed by atoms with van der Waals surface area (Å²) in [7, 11) is 0. The number of ether oxygens (including phenoxy) is 4. The fourth-order valence-corrected chi connectivity index (χ4v) is 5.23. The van der Waals surface area contributed by atoms with Gasteiger partial charge in [0.2, 0.25) is 0 Å². The first kappa shape index (κ1) is 38.6. The number of hydrogen-bond donors (Lipinski definition) is 2. The minimum Gasteiger partial charge on any atom is -0.465 e. The number of esters is 1. The fourth-order valence-electron chi connectivity index (χ4n) is 5.23. The zero-order valence-corrected chi connectivity index (χ0v) is 27.3. The minimum atomic E-state index is -0.505. The summed E-state index contributed by atoms with van der Waals surface area (Å²) < 4.78 is 22.7. The molecule has 9 nitrogen and oxygen atoms in total. The van der Waals surface area contributed by atoms with E-state index in [-0.39, 0.29) is 32.2 Å². The van der Waals surface area contributed by atoms with Crippen molar-refractivity contribution >= 4 is 12.1 Å². The number of aliphatic hydroxyl groups excluding tert-OH is 1. The Morgan fingerprint density at radius 1 is 0.833 bits per heavy atom. The molecule has 2 N–H and O–H groups in total. The van der Waals surface area contributed by atoms with Crippen LogP contribution >= 0.6 is 0 Å². The van der Waals surface area contributed by atoms with E-state index in [2.05, 4.69) is 31.0 Å². The van der Waals surface area contributed by atoms with E-state index in [4.69, 9.17) is 18.9 Å². The van der Waals surface area contributed by atoms with Gasteiger partial charge in [0.05, 0.1) is 25.6 Å². The largest absolute Gasteiger partial charge is 0.465 e. The molecule has 0 saturated carbocycles. The van der Waals surface area contributed by atoms with Crippen LogP contribution in [-0.4, -0.2) is 87.1 Å². The van der Waals surface area contributed by atoms with Crippen LogP contribution in [0.2, 0.25) is 0 Å². The Balaban J connectivity index is 2.31. The van der Waals surface area contributed by atoms with Gasteiger partial charge in [0.25, 0.3) is 0 Å². The topological polar surface area (TPSA) is 107 Å². The van der Waals surface area contributed by atoms with Gasteiger partial charge in [-0.3, -0.25) is 9.69 Å². The highest BCUT2D eigenvalue weighted by Crippen LogP contribution is 2.16. The second-order valence-corrected chi connectivity index (χ2v) is 11.7. The lowest BCUT2D eigenvalue weighted by Crippen LogP contribution is -2.46. The van der Waals surface area contributed by atoms with Gasteiger partial charge in [-0.15, -0.1) is 0 Å². The Hall–Kier alpha value is -1.42. The molecule has 1 heterocycles. The van der Waals surface area contributed by atoms with E-state index in [1.807, 2.05) is 0 Å². The molecule has 1 aliphatic heterocycles. The number of likely N-dealkylation sites (tertiary alicyclic amines) is 1. The SMILES string of the molecule is CCCCCCCCOC(CCC(=O)OCC(CO)COC(=O)NCC1CCCCN1CC)OCCCCCCCC. The van der Waals surface area contributed by atoms with E-state index in [0.717, 1.165) is 45.2 Å². The van der Waals surface area contributed by atoms with Crippen molar-refractivity contribution in [3.63, 3.8) is 0 Å². The van der Waals surface area contributed by atoms with Crippen LogP contribution in [0.15, 0.2) is 0 Å². The number of nitrogens with zero attached hydrogens (tertiary/aromatic N) is 1. The van der Waals surface area contributed by atoms with Crippen molar-refractivity contribution in [3.8, 4) is 0 Å². The molecule has 1 rings (SSSR count). The molecule has 2 atom stereocenters. The van der Waals surface area contributed by atoms with Crippen molar-refractivity contribution in [1.82, 2.24) is 10.2 Å². The summed E-state index contributed by atoms with van der Waals surface area (Å²) in [6.07, 6.45) is 17.4. The third kappa shape index (κ3) is 20.5. The van der Waals surface area contributed by atoms with Crippen LogP contribution in [0, 0.1) is 5.92 Å². The third-order valence-electron chi connectivity index (χ3n) is 8.01. The summed E-state index contributed by atoms with van der Waals surface area (Å²) in [5.74, 6) is -0.837. The number of carbonyl (C=O) groups excluding carboxylic acids is 2. The highest BCUT2D eigenvalue weighted by atomic mass is 16.7. The van der Waals surface area contributed by atoms with E-state index < -0.39 is 18.3 Å². The summed E-state index contributed by atoms with van der Waals surface area (Å²) in [5.41, 5.74) is 0. The van der Waals surface area contributed by atoms with Gasteiger partial charge < -0.3 is 29.4 Å². The van der Waals surface area contributed by atoms with Gasteiger partial charge in [-0.25, -0.2) is 4.79 Å². The second-order valence-electron chi connectivity index (χ2n) is 11.7. The molecule has 1 fully saturated rings. The van der Waals surface area contributed by atoms with E-state index in [0.29, 0.717) is 32.2 Å². The number of alkyl carbamates (subject to hydrolysis) is 1. The van der Waals surface area contributed by atoms with Gasteiger partial charge in [-0.2, -0.15) is 0 Å². The molecule has 0 spiro atoms. The number of nitrogens with one attached hydrogen (secondary N) is 1. The number of carbonyl (C=O) groups is 2. The van der Waals surface area contributed by atoms with Crippen molar-refractivity contribution in [1.29, 1.82) is 0 Å².